The van der Waals surface area contributed by atoms with Gasteiger partial charge in [-0.3, -0.25) is 14.5 Å². The second-order valence-electron chi connectivity index (χ2n) is 8.20. The van der Waals surface area contributed by atoms with Crippen LogP contribution in [0.15, 0.2) is 24.3 Å². The minimum absolute atomic E-state index is 0.00611. The summed E-state index contributed by atoms with van der Waals surface area (Å²) < 4.78 is 14.9. The molecule has 2 aliphatic heterocycles. The number of fused-ring (bicyclic) bond motifs is 1. The number of rotatable bonds is 5. The Bertz CT molecular complexity index is 711. The molecule has 1 saturated carbocycles. The van der Waals surface area contributed by atoms with E-state index in [1.807, 2.05) is 28.0 Å². The number of carbonyl (C=O) groups excluding carboxylic acids is 2. The summed E-state index contributed by atoms with van der Waals surface area (Å²) in [7, 11) is 0. The largest absolute Gasteiger partial charge is 0.353 e. The zero-order valence-corrected chi connectivity index (χ0v) is 15.8. The number of anilines is 1. The lowest BCUT2D eigenvalue weighted by molar-refractivity contribution is -0.123. The highest BCUT2D eigenvalue weighted by Gasteiger charge is 2.37. The summed E-state index contributed by atoms with van der Waals surface area (Å²) >= 11 is 0. The van der Waals surface area contributed by atoms with Crippen LogP contribution >= 0.6 is 0 Å². The fourth-order valence-corrected chi connectivity index (χ4v) is 4.09. The fraction of sp³-hybridized carbons (Fsp3) is 0.619. The molecule has 1 N–H and O–H groups in total. The van der Waals surface area contributed by atoms with Crippen LogP contribution in [0.5, 0.6) is 0 Å². The lowest BCUT2D eigenvalue weighted by atomic mass is 9.93. The van der Waals surface area contributed by atoms with E-state index in [2.05, 4.69) is 11.4 Å². The third kappa shape index (κ3) is 4.32. The highest BCUT2D eigenvalue weighted by Crippen LogP contribution is 2.31. The highest BCUT2D eigenvalue weighted by atomic mass is 19.1. The number of amides is 2. The molecular formula is C21H28FN3O2. The van der Waals surface area contributed by atoms with Gasteiger partial charge < -0.3 is 10.2 Å². The van der Waals surface area contributed by atoms with Crippen LogP contribution in [0.25, 0.3) is 0 Å². The van der Waals surface area contributed by atoms with E-state index < -0.39 is 5.67 Å². The molecule has 4 rings (SSSR count). The molecule has 0 unspecified atom stereocenters. The number of hydrogen-bond donors (Lipinski definition) is 1. The third-order valence-electron chi connectivity index (χ3n) is 6.05. The monoisotopic (exact) mass is 373 g/mol. The first-order chi connectivity index (χ1) is 13.0. The number of likely N-dealkylation sites (tertiary alicyclic amines) is 1. The molecule has 1 aliphatic carbocycles. The lowest BCUT2D eigenvalue weighted by Gasteiger charge is -2.37. The van der Waals surface area contributed by atoms with Crippen molar-refractivity contribution in [1.82, 2.24) is 10.2 Å². The Morgan fingerprint density at radius 1 is 1.15 bits per heavy atom. The van der Waals surface area contributed by atoms with Gasteiger partial charge in [0.05, 0.1) is 13.1 Å². The molecule has 27 heavy (non-hydrogen) atoms. The number of nitrogens with one attached hydrogen (secondary N) is 1. The standard InChI is InChI=1S/C21H28FN3O2/c22-21(15-23-20(27)17-7-8-17)9-12-24(13-10-21)14-19(26)25-11-3-5-16-4-1-2-6-18(16)25/h1-2,4,6,17H,3,5,7-15H2,(H,23,27). The van der Waals surface area contributed by atoms with Crippen molar-refractivity contribution in [2.75, 3.05) is 37.6 Å². The van der Waals surface area contributed by atoms with E-state index in [-0.39, 0.29) is 24.3 Å². The van der Waals surface area contributed by atoms with Crippen LogP contribution in [0.4, 0.5) is 10.1 Å². The Labute approximate surface area is 159 Å². The predicted octanol–water partition coefficient (Wildman–Crippen LogP) is 2.30. The average molecular weight is 373 g/mol. The van der Waals surface area contributed by atoms with Gasteiger partial charge in [0.2, 0.25) is 11.8 Å². The van der Waals surface area contributed by atoms with E-state index >= 15 is 0 Å². The number of nitrogens with zero attached hydrogens (tertiary/aromatic N) is 2. The average Bonchev–Trinajstić information content (AvgIpc) is 3.53. The SMILES string of the molecule is O=C(NCC1(F)CCN(CC(=O)N2CCCc3ccccc32)CC1)C1CC1. The predicted molar refractivity (Wildman–Crippen MR) is 102 cm³/mol. The molecule has 0 aromatic heterocycles. The minimum Gasteiger partial charge on any atom is -0.353 e. The van der Waals surface area contributed by atoms with E-state index in [0.717, 1.165) is 37.9 Å². The van der Waals surface area contributed by atoms with E-state index in [1.54, 1.807) is 0 Å². The van der Waals surface area contributed by atoms with Crippen LogP contribution in [0.3, 0.4) is 0 Å². The number of carbonyl (C=O) groups is 2. The maximum Gasteiger partial charge on any atom is 0.241 e. The van der Waals surface area contributed by atoms with Crippen molar-refractivity contribution in [3.63, 3.8) is 0 Å². The molecule has 146 valence electrons. The zero-order valence-electron chi connectivity index (χ0n) is 15.8. The first-order valence-electron chi connectivity index (χ1n) is 10.1. The smallest absolute Gasteiger partial charge is 0.241 e. The second kappa shape index (κ2) is 7.58. The number of aryl methyl sites for hydroxylation is 1. The third-order valence-corrected chi connectivity index (χ3v) is 6.05. The number of piperidine rings is 1. The van der Waals surface area contributed by atoms with E-state index in [1.165, 1.54) is 5.56 Å². The summed E-state index contributed by atoms with van der Waals surface area (Å²) in [6.07, 6.45) is 4.59. The molecular weight excluding hydrogens is 345 g/mol. The normalized spacial score (nSPS) is 22.2. The Balaban J connectivity index is 1.28. The minimum atomic E-state index is -1.35. The number of hydrogen-bond acceptors (Lipinski definition) is 3. The number of benzene rings is 1. The molecule has 6 heteroatoms. The van der Waals surface area contributed by atoms with E-state index in [0.29, 0.717) is 32.5 Å². The van der Waals surface area contributed by atoms with Crippen molar-refractivity contribution >= 4 is 17.5 Å². The Kier molecular flexibility index (Phi) is 5.17. The lowest BCUT2D eigenvalue weighted by Crippen LogP contribution is -2.51. The molecule has 5 nitrogen and oxygen atoms in total. The second-order valence-corrected chi connectivity index (χ2v) is 8.20. The first kappa shape index (κ1) is 18.4. The van der Waals surface area contributed by atoms with Gasteiger partial charge in [0.15, 0.2) is 0 Å². The van der Waals surface area contributed by atoms with Gasteiger partial charge in [0.1, 0.15) is 5.67 Å². The van der Waals surface area contributed by atoms with Gasteiger partial charge in [-0.1, -0.05) is 18.2 Å². The molecule has 0 bridgehead atoms. The summed E-state index contributed by atoms with van der Waals surface area (Å²) in [5, 5.41) is 2.77. The molecule has 2 heterocycles. The van der Waals surface area contributed by atoms with Gasteiger partial charge in [-0.15, -0.1) is 0 Å². The molecule has 3 aliphatic rings. The summed E-state index contributed by atoms with van der Waals surface area (Å²) in [5.74, 6) is 0.197. The van der Waals surface area contributed by atoms with Crippen molar-refractivity contribution in [3.8, 4) is 0 Å². The number of alkyl halides is 1. The van der Waals surface area contributed by atoms with Crippen LogP contribution < -0.4 is 10.2 Å². The van der Waals surface area contributed by atoms with Crippen molar-refractivity contribution in [1.29, 1.82) is 0 Å². The molecule has 1 saturated heterocycles. The van der Waals surface area contributed by atoms with Gasteiger partial charge in [-0.2, -0.15) is 0 Å². The maximum atomic E-state index is 14.9. The maximum absolute atomic E-state index is 14.9. The summed E-state index contributed by atoms with van der Waals surface area (Å²) in [5.41, 5.74) is 0.903. The van der Waals surface area contributed by atoms with Crippen molar-refractivity contribution in [2.45, 2.75) is 44.2 Å². The van der Waals surface area contributed by atoms with Gasteiger partial charge in [-0.25, -0.2) is 4.39 Å². The Morgan fingerprint density at radius 3 is 2.63 bits per heavy atom. The zero-order chi connectivity index (χ0) is 18.9. The van der Waals surface area contributed by atoms with E-state index in [9.17, 15) is 14.0 Å². The van der Waals surface area contributed by atoms with Crippen LogP contribution in [-0.4, -0.2) is 55.1 Å². The van der Waals surface area contributed by atoms with Crippen LogP contribution in [0, 0.1) is 5.92 Å². The molecule has 0 spiro atoms. The summed E-state index contributed by atoms with van der Waals surface area (Å²) in [6.45, 7) is 2.29. The summed E-state index contributed by atoms with van der Waals surface area (Å²) in [4.78, 5) is 28.5. The van der Waals surface area contributed by atoms with Gasteiger partial charge >= 0.3 is 0 Å². The molecule has 0 radical (unpaired) electrons. The molecule has 1 aromatic carbocycles. The van der Waals surface area contributed by atoms with Crippen molar-refractivity contribution < 1.29 is 14.0 Å². The first-order valence-corrected chi connectivity index (χ1v) is 10.1. The molecule has 2 amide bonds. The van der Waals surface area contributed by atoms with Crippen molar-refractivity contribution in [3.05, 3.63) is 29.8 Å². The summed E-state index contributed by atoms with van der Waals surface area (Å²) in [6, 6.07) is 8.08. The highest BCUT2D eigenvalue weighted by molar-refractivity contribution is 5.96. The quantitative estimate of drug-likeness (QED) is 0.862. The van der Waals surface area contributed by atoms with E-state index in [4.69, 9.17) is 0 Å². The van der Waals surface area contributed by atoms with Crippen LogP contribution in [0.2, 0.25) is 0 Å². The van der Waals surface area contributed by atoms with Gasteiger partial charge in [0, 0.05) is 31.2 Å². The molecule has 2 fully saturated rings. The van der Waals surface area contributed by atoms with Gasteiger partial charge in [-0.05, 0) is 50.2 Å². The van der Waals surface area contributed by atoms with Gasteiger partial charge in [0.25, 0.3) is 0 Å². The fourth-order valence-electron chi connectivity index (χ4n) is 4.09. The van der Waals surface area contributed by atoms with Crippen molar-refractivity contribution in [2.24, 2.45) is 5.92 Å². The Hall–Kier alpha value is -1.95. The van der Waals surface area contributed by atoms with Crippen LogP contribution in [0.1, 0.15) is 37.7 Å². The molecule has 0 atom stereocenters. The number of para-hydroxylation sites is 1. The molecule has 1 aromatic rings. The topological polar surface area (TPSA) is 52.7 Å². The number of halogens is 1. The van der Waals surface area contributed by atoms with Crippen LogP contribution in [-0.2, 0) is 16.0 Å². The Morgan fingerprint density at radius 2 is 1.89 bits per heavy atom.